The number of H-pyrrole nitrogens is 1. The minimum Gasteiger partial charge on any atom is -0.463 e. The van der Waals surface area contributed by atoms with Gasteiger partial charge in [-0.3, -0.25) is 24.0 Å². The quantitative estimate of drug-likeness (QED) is 0.171. The number of benzene rings is 2. The van der Waals surface area contributed by atoms with Crippen LogP contribution in [0.3, 0.4) is 0 Å². The van der Waals surface area contributed by atoms with E-state index in [-0.39, 0.29) is 28.7 Å². The molecule has 3 heterocycles. The van der Waals surface area contributed by atoms with E-state index in [0.29, 0.717) is 10.9 Å². The van der Waals surface area contributed by atoms with E-state index in [0.717, 1.165) is 43.3 Å². The Kier molecular flexibility index (Phi) is 8.96. The minimum atomic E-state index is -1.35. The Balaban J connectivity index is 1.48. The van der Waals surface area contributed by atoms with Crippen LogP contribution in [0, 0.1) is 0 Å². The van der Waals surface area contributed by atoms with Crippen molar-refractivity contribution in [2.24, 2.45) is 0 Å². The summed E-state index contributed by atoms with van der Waals surface area (Å²) in [6.45, 7) is 4.19. The fourth-order valence-corrected chi connectivity index (χ4v) is 5.84. The maximum absolute atomic E-state index is 13.4. The number of esters is 4. The molecule has 230 valence electrons. The van der Waals surface area contributed by atoms with E-state index in [4.69, 9.17) is 28.1 Å². The summed E-state index contributed by atoms with van der Waals surface area (Å²) in [5.74, 6) is -2.98. The fourth-order valence-electron chi connectivity index (χ4n) is 4.88. The highest BCUT2D eigenvalue weighted by molar-refractivity contribution is 7.99. The fraction of sp³-hybridized carbons (Fsp3) is 0.345. The smallest absolute Gasteiger partial charge is 0.303 e. The predicted octanol–water partition coefficient (Wildman–Crippen LogP) is 2.91. The molecule has 4 aromatic rings. The Hall–Kier alpha value is -4.76. The number of ether oxygens (including phenoxy) is 5. The zero-order valence-electron chi connectivity index (χ0n) is 23.9. The summed E-state index contributed by atoms with van der Waals surface area (Å²) in [5, 5.41) is 10.2. The molecule has 2 aromatic carbocycles. The maximum atomic E-state index is 13.4. The molecule has 0 saturated carbocycles. The van der Waals surface area contributed by atoms with Crippen LogP contribution in [0.25, 0.3) is 33.1 Å². The van der Waals surface area contributed by atoms with Crippen LogP contribution in [0.1, 0.15) is 27.7 Å². The van der Waals surface area contributed by atoms with Gasteiger partial charge >= 0.3 is 23.9 Å². The Bertz CT molecular complexity index is 1800. The molecule has 0 amide bonds. The largest absolute Gasteiger partial charge is 0.463 e. The lowest BCUT2D eigenvalue weighted by Gasteiger charge is -2.43. The van der Waals surface area contributed by atoms with E-state index < -0.39 is 53.7 Å². The number of carbonyl (C=O) groups excluding carboxylic acids is 4. The van der Waals surface area contributed by atoms with Gasteiger partial charge in [0, 0.05) is 44.7 Å². The SMILES string of the molecule is CC(=O)OC[C@H]1O[C@@H](Sc2nnc(-c3c[nH]c4c(ccc5ccccc54)c3=O)o2)[C@H](OC(C)=O)[C@@H](OC(C)=O)[C@@H]1OC(C)=O. The monoisotopic (exact) mass is 625 g/mol. The number of pyridine rings is 1. The van der Waals surface area contributed by atoms with Crippen LogP contribution in [0.4, 0.5) is 0 Å². The van der Waals surface area contributed by atoms with E-state index in [2.05, 4.69) is 15.2 Å². The van der Waals surface area contributed by atoms with Gasteiger partial charge in [-0.1, -0.05) is 30.3 Å². The first-order chi connectivity index (χ1) is 21.0. The normalized spacial score (nSPS) is 21.5. The van der Waals surface area contributed by atoms with Gasteiger partial charge in [0.2, 0.25) is 5.43 Å². The van der Waals surface area contributed by atoms with Crippen molar-refractivity contribution in [3.8, 4) is 11.5 Å². The molecule has 15 heteroatoms. The van der Waals surface area contributed by atoms with Crippen LogP contribution in [0.15, 0.2) is 57.0 Å². The van der Waals surface area contributed by atoms with Gasteiger partial charge in [0.05, 0.1) is 5.52 Å². The van der Waals surface area contributed by atoms with Gasteiger partial charge in [0.15, 0.2) is 23.7 Å². The van der Waals surface area contributed by atoms with Gasteiger partial charge in [-0.15, -0.1) is 10.2 Å². The Labute approximate surface area is 253 Å². The number of hydrogen-bond acceptors (Lipinski definition) is 14. The van der Waals surface area contributed by atoms with Crippen LogP contribution in [0.2, 0.25) is 0 Å². The number of fused-ring (bicyclic) bond motifs is 3. The van der Waals surface area contributed by atoms with E-state index in [1.54, 1.807) is 6.07 Å². The maximum Gasteiger partial charge on any atom is 0.303 e. The van der Waals surface area contributed by atoms with Crippen molar-refractivity contribution in [3.63, 3.8) is 0 Å². The molecule has 1 saturated heterocycles. The molecular weight excluding hydrogens is 598 g/mol. The predicted molar refractivity (Wildman–Crippen MR) is 153 cm³/mol. The summed E-state index contributed by atoms with van der Waals surface area (Å²) >= 11 is 0.807. The van der Waals surface area contributed by atoms with E-state index in [1.165, 1.54) is 13.1 Å². The van der Waals surface area contributed by atoms with Crippen molar-refractivity contribution in [1.82, 2.24) is 15.2 Å². The van der Waals surface area contributed by atoms with Crippen molar-refractivity contribution in [3.05, 3.63) is 52.8 Å². The molecule has 14 nitrogen and oxygen atoms in total. The summed E-state index contributed by atoms with van der Waals surface area (Å²) in [7, 11) is 0. The summed E-state index contributed by atoms with van der Waals surface area (Å²) in [6, 6.07) is 11.2. The molecule has 0 bridgehead atoms. The standard InChI is InChI=1S/C29H27N3O11S/c1-13(33)38-12-21-24(39-14(2)34)25(40-15(3)35)26(41-16(4)36)28(42-21)44-29-32-31-27(43-29)20-11-30-22-18-8-6-5-7-17(18)9-10-19(22)23(20)37/h5-11,21,24-26,28H,12H2,1-4H3,(H,30,37)/t21-,24-,25+,26-,28+/m1/s1. The van der Waals surface area contributed by atoms with Crippen LogP contribution in [-0.4, -0.2) is 75.5 Å². The third-order valence-electron chi connectivity index (χ3n) is 6.58. The summed E-state index contributed by atoms with van der Waals surface area (Å²) in [6.07, 6.45) is -3.65. The number of nitrogens with zero attached hydrogens (tertiary/aromatic N) is 2. The van der Waals surface area contributed by atoms with Crippen molar-refractivity contribution in [2.45, 2.75) is 62.8 Å². The Morgan fingerprint density at radius 1 is 0.841 bits per heavy atom. The zero-order valence-corrected chi connectivity index (χ0v) is 24.7. The lowest BCUT2D eigenvalue weighted by molar-refractivity contribution is -0.237. The van der Waals surface area contributed by atoms with E-state index >= 15 is 0 Å². The van der Waals surface area contributed by atoms with Crippen molar-refractivity contribution in [1.29, 1.82) is 0 Å². The molecule has 0 spiro atoms. The second-order valence-electron chi connectivity index (χ2n) is 9.80. The first-order valence-electron chi connectivity index (χ1n) is 13.4. The van der Waals surface area contributed by atoms with Crippen molar-refractivity contribution < 1.29 is 47.3 Å². The molecule has 2 aromatic heterocycles. The Morgan fingerprint density at radius 2 is 1.52 bits per heavy atom. The lowest BCUT2D eigenvalue weighted by Crippen LogP contribution is -2.61. The summed E-state index contributed by atoms with van der Waals surface area (Å²) in [4.78, 5) is 64.2. The first-order valence-corrected chi connectivity index (χ1v) is 14.2. The third-order valence-corrected chi connectivity index (χ3v) is 7.56. The number of aromatic nitrogens is 3. The second kappa shape index (κ2) is 12.9. The second-order valence-corrected chi connectivity index (χ2v) is 10.8. The molecule has 44 heavy (non-hydrogen) atoms. The van der Waals surface area contributed by atoms with Crippen LogP contribution in [0.5, 0.6) is 0 Å². The molecule has 0 aliphatic carbocycles. The van der Waals surface area contributed by atoms with Crippen LogP contribution in [-0.2, 0) is 42.9 Å². The van der Waals surface area contributed by atoms with Gasteiger partial charge in [-0.2, -0.15) is 0 Å². The molecule has 5 rings (SSSR count). The van der Waals surface area contributed by atoms with Crippen LogP contribution >= 0.6 is 11.8 Å². The Morgan fingerprint density at radius 3 is 2.23 bits per heavy atom. The average Bonchev–Trinajstić information content (AvgIpc) is 3.42. The molecule has 0 radical (unpaired) electrons. The van der Waals surface area contributed by atoms with Gasteiger partial charge < -0.3 is 33.1 Å². The van der Waals surface area contributed by atoms with Crippen molar-refractivity contribution in [2.75, 3.05) is 6.61 Å². The van der Waals surface area contributed by atoms with Gasteiger partial charge in [-0.05, 0) is 23.2 Å². The number of rotatable bonds is 8. The van der Waals surface area contributed by atoms with Crippen molar-refractivity contribution >= 4 is 57.3 Å². The molecule has 0 unspecified atom stereocenters. The topological polar surface area (TPSA) is 186 Å². The summed E-state index contributed by atoms with van der Waals surface area (Å²) < 4.78 is 33.2. The van der Waals surface area contributed by atoms with E-state index in [1.807, 2.05) is 30.3 Å². The van der Waals surface area contributed by atoms with Gasteiger partial charge in [0.1, 0.15) is 18.3 Å². The molecule has 1 aliphatic heterocycles. The number of thioether (sulfide) groups is 1. The minimum absolute atomic E-state index is 0.0843. The number of aromatic amines is 1. The first kappa shape index (κ1) is 30.7. The van der Waals surface area contributed by atoms with Crippen LogP contribution < -0.4 is 5.43 Å². The summed E-state index contributed by atoms with van der Waals surface area (Å²) in [5.41, 5.74) is -0.737. The highest BCUT2D eigenvalue weighted by Gasteiger charge is 2.53. The highest BCUT2D eigenvalue weighted by Crippen LogP contribution is 2.38. The molecule has 1 N–H and O–H groups in total. The highest BCUT2D eigenvalue weighted by atomic mass is 32.2. The van der Waals surface area contributed by atoms with Gasteiger partial charge in [0.25, 0.3) is 11.1 Å². The van der Waals surface area contributed by atoms with Gasteiger partial charge in [-0.25, -0.2) is 0 Å². The molecule has 1 fully saturated rings. The number of carbonyl (C=O) groups is 4. The number of hydrogen-bond donors (Lipinski definition) is 1. The third kappa shape index (κ3) is 6.58. The number of nitrogens with one attached hydrogen (secondary N) is 1. The zero-order chi connectivity index (χ0) is 31.5. The lowest BCUT2D eigenvalue weighted by atomic mass is 9.99. The average molecular weight is 626 g/mol. The molecule has 5 atom stereocenters. The molecule has 1 aliphatic rings. The molecular formula is C29H27N3O11S. The van der Waals surface area contributed by atoms with E-state index in [9.17, 15) is 24.0 Å².